The van der Waals surface area contributed by atoms with Gasteiger partial charge in [-0.3, -0.25) is 4.79 Å². The predicted octanol–water partition coefficient (Wildman–Crippen LogP) is 8.18. The molecule has 4 saturated carbocycles. The zero-order chi connectivity index (χ0) is 26.9. The third-order valence-corrected chi connectivity index (χ3v) is 15.0. The lowest BCUT2D eigenvalue weighted by molar-refractivity contribution is -0.195. The Bertz CT molecular complexity index is 1060. The lowest BCUT2D eigenvalue weighted by Crippen LogP contribution is -2.64. The molecule has 5 aliphatic carbocycles. The van der Waals surface area contributed by atoms with E-state index in [0.29, 0.717) is 33.7 Å². The summed E-state index contributed by atoms with van der Waals surface area (Å²) in [6.07, 6.45) is 15.5. The molecule has 0 bridgehead atoms. The van der Waals surface area contributed by atoms with Gasteiger partial charge in [0.05, 0.1) is 18.1 Å². The first-order valence-electron chi connectivity index (χ1n) is 16.4. The minimum atomic E-state index is -0.181. The molecule has 0 aromatic carbocycles. The fourth-order valence-electron chi connectivity index (χ4n) is 12.4. The van der Waals surface area contributed by atoms with Crippen molar-refractivity contribution < 1.29 is 9.53 Å². The third kappa shape index (κ3) is 3.21. The molecule has 3 nitrogen and oxygen atoms in total. The van der Waals surface area contributed by atoms with Crippen LogP contribution in [-0.2, 0) is 9.53 Å². The molecule has 1 unspecified atom stereocenters. The zero-order valence-electron chi connectivity index (χ0n) is 25.7. The number of hydrogen-bond donors (Lipinski definition) is 0. The van der Waals surface area contributed by atoms with Crippen LogP contribution in [0.1, 0.15) is 126 Å². The molecule has 7 rings (SSSR count). The molecule has 38 heavy (non-hydrogen) atoms. The van der Waals surface area contributed by atoms with Gasteiger partial charge in [-0.05, 0) is 122 Å². The number of nitrogens with zero attached hydrogens (tertiary/aromatic N) is 1. The zero-order valence-corrected chi connectivity index (χ0v) is 25.7. The Morgan fingerprint density at radius 3 is 2.18 bits per heavy atom. The van der Waals surface area contributed by atoms with Gasteiger partial charge < -0.3 is 9.64 Å². The first kappa shape index (κ1) is 26.1. The second-order valence-electron chi connectivity index (χ2n) is 17.3. The highest BCUT2D eigenvalue weighted by Gasteiger charge is 2.69. The highest BCUT2D eigenvalue weighted by atomic mass is 16.6. The maximum atomic E-state index is 14.2. The van der Waals surface area contributed by atoms with Crippen LogP contribution in [0.5, 0.6) is 0 Å². The summed E-state index contributed by atoms with van der Waals surface area (Å²) < 4.78 is 5.90. The van der Waals surface area contributed by atoms with Crippen LogP contribution in [0.25, 0.3) is 0 Å². The highest BCUT2D eigenvalue weighted by Crippen LogP contribution is 2.76. The molecule has 3 heteroatoms. The molecular formula is C35H55NO2. The summed E-state index contributed by atoms with van der Waals surface area (Å²) in [6, 6.07) is 0. The summed E-state index contributed by atoms with van der Waals surface area (Å²) >= 11 is 0. The van der Waals surface area contributed by atoms with Gasteiger partial charge in [-0.15, -0.1) is 0 Å². The minimum absolute atomic E-state index is 0.181. The molecule has 2 aliphatic heterocycles. The maximum absolute atomic E-state index is 14.2. The summed E-state index contributed by atoms with van der Waals surface area (Å²) in [6.45, 7) is 21.2. The Morgan fingerprint density at radius 1 is 0.816 bits per heavy atom. The molecule has 212 valence electrons. The van der Waals surface area contributed by atoms with Gasteiger partial charge in [-0.2, -0.15) is 0 Å². The van der Waals surface area contributed by atoms with Gasteiger partial charge in [-0.1, -0.05) is 59.6 Å². The molecular weight excluding hydrogens is 466 g/mol. The van der Waals surface area contributed by atoms with Crippen LogP contribution in [0.15, 0.2) is 11.1 Å². The molecule has 2 saturated heterocycles. The number of carbonyl (C=O) groups excluding carboxylic acids is 1. The van der Waals surface area contributed by atoms with Gasteiger partial charge in [0.25, 0.3) is 0 Å². The fraction of sp³-hybridized carbons (Fsp3) is 0.914. The van der Waals surface area contributed by atoms with Gasteiger partial charge in [0.15, 0.2) is 0 Å². The van der Waals surface area contributed by atoms with Crippen LogP contribution in [0.4, 0.5) is 0 Å². The van der Waals surface area contributed by atoms with Crippen molar-refractivity contribution in [1.82, 2.24) is 4.90 Å². The second-order valence-corrected chi connectivity index (χ2v) is 17.3. The van der Waals surface area contributed by atoms with Crippen molar-refractivity contribution in [2.75, 3.05) is 19.7 Å². The molecule has 7 aliphatic rings. The Kier molecular flexibility index (Phi) is 5.44. The highest BCUT2D eigenvalue weighted by molar-refractivity contribution is 5.87. The second kappa shape index (κ2) is 7.92. The van der Waals surface area contributed by atoms with E-state index in [2.05, 4.69) is 53.4 Å². The Hall–Kier alpha value is -0.830. The van der Waals surface area contributed by atoms with E-state index >= 15 is 0 Å². The molecule has 6 fully saturated rings. The van der Waals surface area contributed by atoms with Crippen LogP contribution in [0.2, 0.25) is 0 Å². The van der Waals surface area contributed by atoms with E-state index < -0.39 is 0 Å². The van der Waals surface area contributed by atoms with Crippen molar-refractivity contribution >= 4 is 5.91 Å². The van der Waals surface area contributed by atoms with E-state index in [1.807, 2.05) is 0 Å². The third-order valence-electron chi connectivity index (χ3n) is 15.0. The minimum Gasteiger partial charge on any atom is -0.373 e. The average Bonchev–Trinajstić information content (AvgIpc) is 3.62. The van der Waals surface area contributed by atoms with Crippen LogP contribution in [0.3, 0.4) is 0 Å². The molecule has 8 atom stereocenters. The monoisotopic (exact) mass is 521 g/mol. The normalized spacial score (nSPS) is 50.7. The lowest BCUT2D eigenvalue weighted by atomic mass is 9.33. The van der Waals surface area contributed by atoms with Crippen molar-refractivity contribution in [3.8, 4) is 0 Å². The SMILES string of the molecule is CC1(C)CC[C@]2(C(=O)N3CCC3)CC[C@]3(C)C(=C2C1)CC[C@@H]1[C@@]2(C)CC[C@H](C4CO4)C(C)(C)[C@@H]2CC[C@]13C. The summed E-state index contributed by atoms with van der Waals surface area (Å²) in [5, 5.41) is 0. The fourth-order valence-corrected chi connectivity index (χ4v) is 12.4. The molecule has 1 amide bonds. The predicted molar refractivity (Wildman–Crippen MR) is 154 cm³/mol. The standard InChI is InChI=1S/C35H55NO2/c1-30(2)15-17-35(29(37)36-19-8-20-36)18-16-33(6)23(25(35)21-30)9-10-28-32(5)13-11-24(26-22-38-26)31(3,4)27(32)12-14-34(28,33)7/h24,26-28H,8-22H2,1-7H3/t24-,26?,27+,28-,32+,33-,34-,35+/m1/s1. The Morgan fingerprint density at radius 2 is 1.53 bits per heavy atom. The number of hydrogen-bond acceptors (Lipinski definition) is 2. The van der Waals surface area contributed by atoms with Crippen LogP contribution in [0, 0.1) is 50.2 Å². The maximum Gasteiger partial charge on any atom is 0.232 e. The Balaban J connectivity index is 1.29. The van der Waals surface area contributed by atoms with E-state index in [-0.39, 0.29) is 10.8 Å². The largest absolute Gasteiger partial charge is 0.373 e. The summed E-state index contributed by atoms with van der Waals surface area (Å²) in [4.78, 5) is 16.4. The van der Waals surface area contributed by atoms with Gasteiger partial charge in [0, 0.05) is 13.1 Å². The summed E-state index contributed by atoms with van der Waals surface area (Å²) in [7, 11) is 0. The van der Waals surface area contributed by atoms with Gasteiger partial charge in [0.2, 0.25) is 5.91 Å². The number of epoxide rings is 1. The van der Waals surface area contributed by atoms with Crippen LogP contribution >= 0.6 is 0 Å². The number of amides is 1. The van der Waals surface area contributed by atoms with E-state index in [1.54, 1.807) is 11.1 Å². The number of fused-ring (bicyclic) bond motifs is 6. The molecule has 0 aromatic heterocycles. The van der Waals surface area contributed by atoms with Crippen molar-refractivity contribution in [3.63, 3.8) is 0 Å². The smallest absolute Gasteiger partial charge is 0.232 e. The number of rotatable bonds is 2. The molecule has 0 aromatic rings. The van der Waals surface area contributed by atoms with E-state index in [1.165, 1.54) is 57.8 Å². The Labute approximate surface area is 232 Å². The van der Waals surface area contributed by atoms with Gasteiger partial charge in [0.1, 0.15) is 0 Å². The van der Waals surface area contributed by atoms with Gasteiger partial charge in [-0.25, -0.2) is 0 Å². The summed E-state index contributed by atoms with van der Waals surface area (Å²) in [5.41, 5.74) is 4.92. The number of ether oxygens (including phenoxy) is 1. The van der Waals surface area contributed by atoms with Crippen LogP contribution in [-0.4, -0.2) is 36.6 Å². The molecule has 2 heterocycles. The first-order valence-corrected chi connectivity index (χ1v) is 16.4. The van der Waals surface area contributed by atoms with E-state index in [0.717, 1.165) is 56.7 Å². The molecule has 0 N–H and O–H groups in total. The lowest BCUT2D eigenvalue weighted by Gasteiger charge is -2.71. The van der Waals surface area contributed by atoms with E-state index in [4.69, 9.17) is 4.74 Å². The first-order chi connectivity index (χ1) is 17.8. The number of carbonyl (C=O) groups is 1. The molecule has 0 spiro atoms. The summed E-state index contributed by atoms with van der Waals surface area (Å²) in [5.74, 6) is 2.85. The van der Waals surface area contributed by atoms with E-state index in [9.17, 15) is 4.79 Å². The number of allylic oxidation sites excluding steroid dienone is 1. The van der Waals surface area contributed by atoms with Crippen molar-refractivity contribution in [2.24, 2.45) is 50.2 Å². The quantitative estimate of drug-likeness (QED) is 0.271. The molecule has 0 radical (unpaired) electrons. The van der Waals surface area contributed by atoms with Crippen LogP contribution < -0.4 is 0 Å². The van der Waals surface area contributed by atoms with Gasteiger partial charge >= 0.3 is 0 Å². The average molecular weight is 522 g/mol. The topological polar surface area (TPSA) is 32.8 Å². The van der Waals surface area contributed by atoms with Crippen molar-refractivity contribution in [1.29, 1.82) is 0 Å². The number of likely N-dealkylation sites (tertiary alicyclic amines) is 1. The van der Waals surface area contributed by atoms with Crippen molar-refractivity contribution in [3.05, 3.63) is 11.1 Å². The van der Waals surface area contributed by atoms with Crippen molar-refractivity contribution in [2.45, 2.75) is 132 Å².